The van der Waals surface area contributed by atoms with E-state index in [1.165, 1.54) is 24.3 Å². The van der Waals surface area contributed by atoms with Crippen LogP contribution in [0, 0.1) is 17.1 Å². The third-order valence-corrected chi connectivity index (χ3v) is 6.22. The maximum Gasteiger partial charge on any atom is 0.337 e. The molecule has 2 aromatic carbocycles. The Balaban J connectivity index is 1.79. The molecule has 0 bridgehead atoms. The van der Waals surface area contributed by atoms with Crippen LogP contribution in [-0.2, 0) is 10.0 Å². The summed E-state index contributed by atoms with van der Waals surface area (Å²) in [6.07, 6.45) is 0.445. The second-order valence-electron chi connectivity index (χ2n) is 6.84. The summed E-state index contributed by atoms with van der Waals surface area (Å²) < 4.78 is 40.6. The van der Waals surface area contributed by atoms with Gasteiger partial charge in [0.25, 0.3) is 10.0 Å². The Hall–Kier alpha value is -3.16. The molecule has 0 radical (unpaired) electrons. The van der Waals surface area contributed by atoms with Gasteiger partial charge in [0.15, 0.2) is 0 Å². The van der Waals surface area contributed by atoms with Gasteiger partial charge in [0.2, 0.25) is 0 Å². The average Bonchev–Trinajstić information content (AvgIpc) is 2.72. The monoisotopic (exact) mass is 432 g/mol. The lowest BCUT2D eigenvalue weighted by Crippen LogP contribution is -2.47. The van der Waals surface area contributed by atoms with Crippen LogP contribution in [0.3, 0.4) is 0 Å². The van der Waals surface area contributed by atoms with Gasteiger partial charge in [0.05, 0.1) is 22.2 Å². The van der Waals surface area contributed by atoms with Gasteiger partial charge in [-0.25, -0.2) is 17.6 Å². The highest BCUT2D eigenvalue weighted by Crippen LogP contribution is 2.27. The molecule has 158 valence electrons. The van der Waals surface area contributed by atoms with E-state index in [2.05, 4.69) is 15.7 Å². The van der Waals surface area contributed by atoms with Crippen molar-refractivity contribution in [3.05, 3.63) is 53.8 Å². The van der Waals surface area contributed by atoms with E-state index in [1.807, 2.05) is 4.90 Å². The fraction of sp³-hybridized carbons (Fsp3) is 0.300. The molecule has 1 aliphatic rings. The molecule has 0 unspecified atom stereocenters. The van der Waals surface area contributed by atoms with Crippen LogP contribution in [0.5, 0.6) is 0 Å². The standard InChI is InChI=1S/C20H21FN4O4S/c21-15-3-1-4-17(13-15)30(28,29)23-16-5-6-19(18(14-16)20(26)27)25-11-9-24(10-12-25)8-2-7-22/h1,3-6,13-14,23H,2,8-12H2,(H,26,27). The molecule has 8 nitrogen and oxygen atoms in total. The molecule has 0 atom stereocenters. The molecule has 1 saturated heterocycles. The number of hydrogen-bond donors (Lipinski definition) is 2. The van der Waals surface area contributed by atoms with E-state index >= 15 is 0 Å². The zero-order valence-corrected chi connectivity index (χ0v) is 16.9. The summed E-state index contributed by atoms with van der Waals surface area (Å²) >= 11 is 0. The minimum atomic E-state index is -4.06. The van der Waals surface area contributed by atoms with Crippen LogP contribution in [0.25, 0.3) is 0 Å². The van der Waals surface area contributed by atoms with Crippen LogP contribution in [-0.4, -0.2) is 57.1 Å². The predicted octanol–water partition coefficient (Wildman–Crippen LogP) is 2.36. The SMILES string of the molecule is N#CCCN1CCN(c2ccc(NS(=O)(=O)c3cccc(F)c3)cc2C(=O)O)CC1. The third-order valence-electron chi connectivity index (χ3n) is 4.84. The lowest BCUT2D eigenvalue weighted by atomic mass is 10.1. The number of carboxylic acid groups (broad SMARTS) is 1. The highest BCUT2D eigenvalue weighted by Gasteiger charge is 2.23. The molecule has 3 rings (SSSR count). The van der Waals surface area contributed by atoms with E-state index in [0.29, 0.717) is 44.8 Å². The van der Waals surface area contributed by atoms with Crippen LogP contribution >= 0.6 is 0 Å². The van der Waals surface area contributed by atoms with Crippen LogP contribution in [0.15, 0.2) is 47.4 Å². The summed E-state index contributed by atoms with van der Waals surface area (Å²) in [5.74, 6) is -1.86. The molecule has 1 heterocycles. The largest absolute Gasteiger partial charge is 0.478 e. The smallest absolute Gasteiger partial charge is 0.337 e. The molecule has 10 heteroatoms. The first-order chi connectivity index (χ1) is 14.3. The van der Waals surface area contributed by atoms with Crippen molar-refractivity contribution in [2.75, 3.05) is 42.3 Å². The number of nitrogens with zero attached hydrogens (tertiary/aromatic N) is 3. The number of nitriles is 1. The summed E-state index contributed by atoms with van der Waals surface area (Å²) in [5, 5.41) is 18.3. The van der Waals surface area contributed by atoms with Crippen LogP contribution in [0.2, 0.25) is 0 Å². The van der Waals surface area contributed by atoms with Crippen molar-refractivity contribution < 1.29 is 22.7 Å². The highest BCUT2D eigenvalue weighted by molar-refractivity contribution is 7.92. The Morgan fingerprint density at radius 1 is 1.17 bits per heavy atom. The molecule has 1 aliphatic heterocycles. The lowest BCUT2D eigenvalue weighted by Gasteiger charge is -2.36. The summed E-state index contributed by atoms with van der Waals surface area (Å²) in [4.78, 5) is 15.6. The summed E-state index contributed by atoms with van der Waals surface area (Å²) in [6.45, 7) is 3.28. The first-order valence-corrected chi connectivity index (χ1v) is 10.8. The fourth-order valence-electron chi connectivity index (χ4n) is 3.32. The second-order valence-corrected chi connectivity index (χ2v) is 8.52. The van der Waals surface area contributed by atoms with Crippen LogP contribution < -0.4 is 9.62 Å². The van der Waals surface area contributed by atoms with Gasteiger partial charge in [-0.15, -0.1) is 0 Å². The number of benzene rings is 2. The first-order valence-electron chi connectivity index (χ1n) is 9.30. The van der Waals surface area contributed by atoms with Gasteiger partial charge in [0.1, 0.15) is 5.82 Å². The van der Waals surface area contributed by atoms with E-state index in [1.54, 1.807) is 6.07 Å². The first kappa shape index (κ1) is 21.5. The molecule has 2 aromatic rings. The summed E-state index contributed by atoms with van der Waals surface area (Å²) in [7, 11) is -4.06. The average molecular weight is 432 g/mol. The Labute approximate surface area is 174 Å². The molecule has 30 heavy (non-hydrogen) atoms. The molecular weight excluding hydrogens is 411 g/mol. The van der Waals surface area contributed by atoms with E-state index < -0.39 is 21.8 Å². The number of nitrogens with one attached hydrogen (secondary N) is 1. The van der Waals surface area contributed by atoms with Gasteiger partial charge in [-0.3, -0.25) is 9.62 Å². The second kappa shape index (κ2) is 9.11. The number of halogens is 1. The van der Waals surface area contributed by atoms with Crippen molar-refractivity contribution in [2.45, 2.75) is 11.3 Å². The van der Waals surface area contributed by atoms with Crippen LogP contribution in [0.1, 0.15) is 16.8 Å². The van der Waals surface area contributed by atoms with Gasteiger partial charge in [-0.2, -0.15) is 5.26 Å². The predicted molar refractivity (Wildman–Crippen MR) is 109 cm³/mol. The van der Waals surface area contributed by atoms with Crippen molar-refractivity contribution in [2.24, 2.45) is 0 Å². The Morgan fingerprint density at radius 3 is 2.53 bits per heavy atom. The van der Waals surface area contributed by atoms with Crippen molar-refractivity contribution in [3.8, 4) is 6.07 Å². The van der Waals surface area contributed by atoms with Gasteiger partial charge >= 0.3 is 5.97 Å². The number of aromatic carboxylic acids is 1. The Bertz CT molecular complexity index is 1080. The number of anilines is 2. The third kappa shape index (κ3) is 5.06. The zero-order chi connectivity index (χ0) is 21.7. The minimum absolute atomic E-state index is 0.0279. The van der Waals surface area contributed by atoms with Gasteiger partial charge < -0.3 is 10.0 Å². The molecule has 0 spiro atoms. The van der Waals surface area contributed by atoms with E-state index in [-0.39, 0.29) is 16.1 Å². The normalized spacial score (nSPS) is 14.9. The van der Waals surface area contributed by atoms with E-state index in [0.717, 1.165) is 12.1 Å². The van der Waals surface area contributed by atoms with E-state index in [9.17, 15) is 22.7 Å². The Kier molecular flexibility index (Phi) is 6.54. The van der Waals surface area contributed by atoms with Gasteiger partial charge in [-0.1, -0.05) is 6.07 Å². The topological polar surface area (TPSA) is 114 Å². The maximum absolute atomic E-state index is 13.4. The quantitative estimate of drug-likeness (QED) is 0.690. The summed E-state index contributed by atoms with van der Waals surface area (Å²) in [5.41, 5.74) is 0.545. The van der Waals surface area contributed by atoms with E-state index in [4.69, 9.17) is 5.26 Å². The van der Waals surface area contributed by atoms with Crippen molar-refractivity contribution in [1.29, 1.82) is 5.26 Å². The molecule has 0 aromatic heterocycles. The number of sulfonamides is 1. The maximum atomic E-state index is 13.4. The molecule has 2 N–H and O–H groups in total. The number of rotatable bonds is 7. The van der Waals surface area contributed by atoms with Gasteiger partial charge in [-0.05, 0) is 36.4 Å². The Morgan fingerprint density at radius 2 is 1.90 bits per heavy atom. The number of piperazine rings is 1. The van der Waals surface area contributed by atoms with Crippen LogP contribution in [0.4, 0.5) is 15.8 Å². The summed E-state index contributed by atoms with van der Waals surface area (Å²) in [6, 6.07) is 11.0. The lowest BCUT2D eigenvalue weighted by molar-refractivity contribution is 0.0697. The number of carboxylic acids is 1. The number of hydrogen-bond acceptors (Lipinski definition) is 6. The van der Waals surface area contributed by atoms with Gasteiger partial charge in [0, 0.05) is 44.8 Å². The number of carbonyl (C=O) groups is 1. The molecule has 0 amide bonds. The van der Waals surface area contributed by atoms with Crippen molar-refractivity contribution in [1.82, 2.24) is 4.90 Å². The fourth-order valence-corrected chi connectivity index (χ4v) is 4.40. The molecule has 0 aliphatic carbocycles. The highest BCUT2D eigenvalue weighted by atomic mass is 32.2. The van der Waals surface area contributed by atoms with Crippen molar-refractivity contribution >= 4 is 27.4 Å². The van der Waals surface area contributed by atoms with Crippen molar-refractivity contribution in [3.63, 3.8) is 0 Å². The molecular formula is C20H21FN4O4S. The molecule has 1 fully saturated rings. The molecule has 0 saturated carbocycles. The minimum Gasteiger partial charge on any atom is -0.478 e. The zero-order valence-electron chi connectivity index (χ0n) is 16.1.